The molecule has 0 fully saturated rings. The van der Waals surface area contributed by atoms with Crippen molar-refractivity contribution in [3.8, 4) is 44.5 Å². The molecule has 0 saturated carbocycles. The van der Waals surface area contributed by atoms with Crippen LogP contribution in [0.1, 0.15) is 0 Å². The monoisotopic (exact) mass is 789 g/mol. The van der Waals surface area contributed by atoms with Crippen LogP contribution in [0.5, 0.6) is 0 Å². The molecular formula is C60H39NO. The number of furan rings is 1. The maximum atomic E-state index is 6.36. The summed E-state index contributed by atoms with van der Waals surface area (Å²) in [5.74, 6) is 0. The van der Waals surface area contributed by atoms with E-state index >= 15 is 0 Å². The second-order valence-corrected chi connectivity index (χ2v) is 16.0. The van der Waals surface area contributed by atoms with E-state index < -0.39 is 0 Å². The Morgan fingerprint density at radius 1 is 0.274 bits per heavy atom. The number of rotatable bonds is 7. The van der Waals surface area contributed by atoms with Crippen LogP contribution in [0.2, 0.25) is 0 Å². The first-order valence-corrected chi connectivity index (χ1v) is 21.3. The van der Waals surface area contributed by atoms with Gasteiger partial charge in [-0.2, -0.15) is 0 Å². The molecule has 0 aliphatic rings. The van der Waals surface area contributed by atoms with E-state index in [0.717, 1.165) is 55.7 Å². The van der Waals surface area contributed by atoms with Gasteiger partial charge in [-0.15, -0.1) is 0 Å². The Balaban J connectivity index is 1.06. The lowest BCUT2D eigenvalue weighted by atomic mass is 9.90. The summed E-state index contributed by atoms with van der Waals surface area (Å²) < 4.78 is 6.36. The fraction of sp³-hybridized carbons (Fsp3) is 0. The molecule has 0 N–H and O–H groups in total. The molecule has 1 aromatic heterocycles. The van der Waals surface area contributed by atoms with Crippen molar-refractivity contribution in [2.45, 2.75) is 0 Å². The number of para-hydroxylation sites is 2. The molecule has 0 atom stereocenters. The summed E-state index contributed by atoms with van der Waals surface area (Å²) in [4.78, 5) is 2.43. The lowest BCUT2D eigenvalue weighted by Crippen LogP contribution is -2.11. The normalized spacial score (nSPS) is 11.5. The lowest BCUT2D eigenvalue weighted by Gasteiger charge is -2.29. The molecule has 290 valence electrons. The first-order valence-electron chi connectivity index (χ1n) is 21.3. The second kappa shape index (κ2) is 14.8. The van der Waals surface area contributed by atoms with Crippen LogP contribution in [0.3, 0.4) is 0 Å². The molecule has 1 heterocycles. The third-order valence-electron chi connectivity index (χ3n) is 12.5. The van der Waals surface area contributed by atoms with Gasteiger partial charge in [0.15, 0.2) is 0 Å². The van der Waals surface area contributed by atoms with Crippen LogP contribution in [0.25, 0.3) is 98.8 Å². The molecule has 0 saturated heterocycles. The summed E-state index contributed by atoms with van der Waals surface area (Å²) in [5, 5.41) is 9.73. The molecule has 0 bridgehead atoms. The molecule has 0 aliphatic carbocycles. The molecular weight excluding hydrogens is 751 g/mol. The van der Waals surface area contributed by atoms with Crippen LogP contribution in [0.4, 0.5) is 17.1 Å². The Labute approximate surface area is 360 Å². The smallest absolute Gasteiger partial charge is 0.136 e. The Morgan fingerprint density at radius 2 is 0.855 bits per heavy atom. The molecule has 0 unspecified atom stereocenters. The molecule has 62 heavy (non-hydrogen) atoms. The zero-order valence-electron chi connectivity index (χ0n) is 33.9. The van der Waals surface area contributed by atoms with Gasteiger partial charge in [-0.1, -0.05) is 194 Å². The Morgan fingerprint density at radius 3 is 1.73 bits per heavy atom. The number of nitrogens with zero attached hydrogens (tertiary/aromatic N) is 1. The molecule has 12 rings (SSSR count). The maximum absolute atomic E-state index is 6.36. The van der Waals surface area contributed by atoms with Crippen molar-refractivity contribution in [1.29, 1.82) is 0 Å². The van der Waals surface area contributed by atoms with E-state index in [0.29, 0.717) is 0 Å². The highest BCUT2D eigenvalue weighted by Crippen LogP contribution is 2.46. The molecule has 0 aliphatic heterocycles. The minimum Gasteiger partial charge on any atom is -0.456 e. The summed E-state index contributed by atoms with van der Waals surface area (Å²) >= 11 is 0. The molecule has 12 aromatic rings. The quantitative estimate of drug-likeness (QED) is 0.150. The first kappa shape index (κ1) is 35.7. The summed E-state index contributed by atoms with van der Waals surface area (Å²) in [6, 6.07) is 85.6. The maximum Gasteiger partial charge on any atom is 0.136 e. The van der Waals surface area contributed by atoms with Gasteiger partial charge in [0.1, 0.15) is 11.2 Å². The minimum absolute atomic E-state index is 0.888. The van der Waals surface area contributed by atoms with Gasteiger partial charge in [-0.3, -0.25) is 0 Å². The average molecular weight is 790 g/mol. The number of fused-ring (bicyclic) bond motifs is 7. The van der Waals surface area contributed by atoms with E-state index in [9.17, 15) is 0 Å². The summed E-state index contributed by atoms with van der Waals surface area (Å²) in [6.45, 7) is 0. The number of anilines is 3. The lowest BCUT2D eigenvalue weighted by molar-refractivity contribution is 0.669. The van der Waals surface area contributed by atoms with Gasteiger partial charge in [0.2, 0.25) is 0 Å². The number of hydrogen-bond acceptors (Lipinski definition) is 2. The predicted octanol–water partition coefficient (Wildman–Crippen LogP) is 17.2. The van der Waals surface area contributed by atoms with Crippen molar-refractivity contribution >= 4 is 71.3 Å². The topological polar surface area (TPSA) is 16.4 Å². The van der Waals surface area contributed by atoms with Crippen molar-refractivity contribution in [2.75, 3.05) is 4.90 Å². The van der Waals surface area contributed by atoms with Crippen molar-refractivity contribution in [3.63, 3.8) is 0 Å². The third kappa shape index (κ3) is 5.96. The first-order chi connectivity index (χ1) is 30.8. The molecule has 0 amide bonds. The highest BCUT2D eigenvalue weighted by atomic mass is 16.3. The van der Waals surface area contributed by atoms with Crippen molar-refractivity contribution in [2.24, 2.45) is 0 Å². The molecule has 11 aromatic carbocycles. The van der Waals surface area contributed by atoms with Gasteiger partial charge in [-0.25, -0.2) is 0 Å². The van der Waals surface area contributed by atoms with Crippen molar-refractivity contribution in [1.82, 2.24) is 0 Å². The van der Waals surface area contributed by atoms with Gasteiger partial charge in [-0.05, 0) is 114 Å². The zero-order valence-corrected chi connectivity index (χ0v) is 33.9. The molecule has 0 spiro atoms. The fourth-order valence-electron chi connectivity index (χ4n) is 9.66. The average Bonchev–Trinajstić information content (AvgIpc) is 3.73. The summed E-state index contributed by atoms with van der Waals surface area (Å²) in [5.41, 5.74) is 14.4. The Hall–Kier alpha value is -8.20. The van der Waals surface area contributed by atoms with Crippen LogP contribution >= 0.6 is 0 Å². The Bertz CT molecular complexity index is 3630. The van der Waals surface area contributed by atoms with Crippen molar-refractivity contribution in [3.05, 3.63) is 237 Å². The predicted molar refractivity (Wildman–Crippen MR) is 263 cm³/mol. The van der Waals surface area contributed by atoms with E-state index in [1.54, 1.807) is 0 Å². The van der Waals surface area contributed by atoms with Gasteiger partial charge < -0.3 is 9.32 Å². The van der Waals surface area contributed by atoms with E-state index in [1.807, 2.05) is 6.07 Å². The van der Waals surface area contributed by atoms with E-state index in [-0.39, 0.29) is 0 Å². The number of benzene rings is 11. The molecule has 2 heteroatoms. The van der Waals surface area contributed by atoms with E-state index in [2.05, 4.69) is 235 Å². The second-order valence-electron chi connectivity index (χ2n) is 16.0. The van der Waals surface area contributed by atoms with Crippen LogP contribution in [0, 0.1) is 0 Å². The van der Waals surface area contributed by atoms with Crippen LogP contribution < -0.4 is 4.90 Å². The molecule has 0 radical (unpaired) electrons. The van der Waals surface area contributed by atoms with Gasteiger partial charge in [0, 0.05) is 27.7 Å². The van der Waals surface area contributed by atoms with Crippen LogP contribution in [0.15, 0.2) is 241 Å². The highest BCUT2D eigenvalue weighted by molar-refractivity contribution is 6.14. The highest BCUT2D eigenvalue weighted by Gasteiger charge is 2.21. The Kier molecular flexibility index (Phi) is 8.53. The minimum atomic E-state index is 0.888. The largest absolute Gasteiger partial charge is 0.456 e. The van der Waals surface area contributed by atoms with E-state index in [1.165, 1.54) is 60.1 Å². The number of hydrogen-bond donors (Lipinski definition) is 0. The van der Waals surface area contributed by atoms with Gasteiger partial charge in [0.25, 0.3) is 0 Å². The molecule has 2 nitrogen and oxygen atoms in total. The summed E-state index contributed by atoms with van der Waals surface area (Å²) in [6.07, 6.45) is 0. The van der Waals surface area contributed by atoms with Crippen molar-refractivity contribution < 1.29 is 4.42 Å². The van der Waals surface area contributed by atoms with Crippen LogP contribution in [-0.2, 0) is 0 Å². The SMILES string of the molecule is c1ccc(-c2cccc3cccc(-c4ccccc4N(c4ccc(-c5cccc6c5ccc5ccccc56)cc4)c4cccc(-c5cccc6oc7ccccc7c56)c4)c23)cc1. The third-order valence-corrected chi connectivity index (χ3v) is 12.5. The fourth-order valence-corrected chi connectivity index (χ4v) is 9.66. The van der Waals surface area contributed by atoms with Gasteiger partial charge in [0.05, 0.1) is 5.69 Å². The van der Waals surface area contributed by atoms with E-state index in [4.69, 9.17) is 4.42 Å². The zero-order chi connectivity index (χ0) is 41.0. The van der Waals surface area contributed by atoms with Crippen LogP contribution in [-0.4, -0.2) is 0 Å². The standard InChI is InChI=1S/C60H39NO/c1-2-15-40(16-3-1)49-26-11-18-43-19-12-29-54(59(43)49)53-23-6-8-30-56(53)61(46-21-10-20-44(39-46)50-27-14-32-58-60(50)55-24-7-9-31-57(55)62-58)45-36-33-42(34-37-45)48-25-13-28-51-47-22-5-4-17-41(47)35-38-52(48)51/h1-39H. The summed E-state index contributed by atoms with van der Waals surface area (Å²) in [7, 11) is 0. The van der Waals surface area contributed by atoms with Gasteiger partial charge >= 0.3 is 0 Å².